The van der Waals surface area contributed by atoms with Crippen LogP contribution in [0.4, 0.5) is 5.69 Å². The zero-order valence-corrected chi connectivity index (χ0v) is 15.3. The van der Waals surface area contributed by atoms with Crippen molar-refractivity contribution in [2.24, 2.45) is 0 Å². The fourth-order valence-electron chi connectivity index (χ4n) is 2.57. The lowest BCUT2D eigenvalue weighted by Crippen LogP contribution is -2.16. The van der Waals surface area contributed by atoms with Crippen LogP contribution in [0.1, 0.15) is 37.3 Å². The summed E-state index contributed by atoms with van der Waals surface area (Å²) in [6.45, 7) is 4.59. The van der Waals surface area contributed by atoms with Gasteiger partial charge in [0.25, 0.3) is 0 Å². The number of hydrogen-bond donors (Lipinski definition) is 1. The maximum absolute atomic E-state index is 12.1. The van der Waals surface area contributed by atoms with E-state index in [0.29, 0.717) is 29.5 Å². The molecule has 3 rings (SSSR count). The average molecular weight is 360 g/mol. The third-order valence-corrected chi connectivity index (χ3v) is 4.15. The Hall–Kier alpha value is -3.53. The SMILES string of the molecule is CC(C)c1ccc(-c2nnn(CCC(=O)Nc3ccccc3C#N)n2)cc1. The Labute approximate surface area is 157 Å². The summed E-state index contributed by atoms with van der Waals surface area (Å²) < 4.78 is 0. The minimum atomic E-state index is -0.210. The molecule has 0 atom stereocenters. The van der Waals surface area contributed by atoms with E-state index in [1.165, 1.54) is 10.4 Å². The van der Waals surface area contributed by atoms with Gasteiger partial charge in [-0.05, 0) is 28.8 Å². The Morgan fingerprint density at radius 2 is 1.93 bits per heavy atom. The molecule has 136 valence electrons. The molecule has 7 heteroatoms. The van der Waals surface area contributed by atoms with Crippen LogP contribution < -0.4 is 5.32 Å². The molecule has 1 amide bonds. The summed E-state index contributed by atoms with van der Waals surface area (Å²) in [6, 6.07) is 17.0. The molecule has 0 aliphatic carbocycles. The van der Waals surface area contributed by atoms with E-state index < -0.39 is 0 Å². The molecule has 1 N–H and O–H groups in total. The summed E-state index contributed by atoms with van der Waals surface area (Å²) in [5, 5.41) is 24.2. The second kappa shape index (κ2) is 8.23. The number of tetrazole rings is 1. The number of nitrogens with one attached hydrogen (secondary N) is 1. The fraction of sp³-hybridized carbons (Fsp3) is 0.250. The first-order valence-corrected chi connectivity index (χ1v) is 8.74. The lowest BCUT2D eigenvalue weighted by molar-refractivity contribution is -0.116. The Bertz CT molecular complexity index is 969. The van der Waals surface area contributed by atoms with Crippen LogP contribution in [0.2, 0.25) is 0 Å². The fourth-order valence-corrected chi connectivity index (χ4v) is 2.57. The first kappa shape index (κ1) is 18.3. The highest BCUT2D eigenvalue weighted by atomic mass is 16.1. The molecule has 0 aliphatic rings. The molecule has 0 saturated carbocycles. The normalized spacial score (nSPS) is 10.6. The Kier molecular flexibility index (Phi) is 5.57. The number of amides is 1. The molecule has 27 heavy (non-hydrogen) atoms. The van der Waals surface area contributed by atoms with Gasteiger partial charge in [-0.2, -0.15) is 10.1 Å². The predicted molar refractivity (Wildman–Crippen MR) is 102 cm³/mol. The van der Waals surface area contributed by atoms with Crippen LogP contribution in [-0.2, 0) is 11.3 Å². The molecule has 3 aromatic rings. The standard InChI is InChI=1S/C20H20N6O/c1-14(2)15-7-9-16(10-8-15)20-23-25-26(24-20)12-11-19(27)22-18-6-4-3-5-17(18)13-21/h3-10,14H,11-12H2,1-2H3,(H,22,27). The number of hydrogen-bond acceptors (Lipinski definition) is 5. The second-order valence-electron chi connectivity index (χ2n) is 6.44. The summed E-state index contributed by atoms with van der Waals surface area (Å²) in [6.07, 6.45) is 0.182. The van der Waals surface area contributed by atoms with E-state index in [1.807, 2.05) is 12.1 Å². The van der Waals surface area contributed by atoms with Crippen molar-refractivity contribution in [1.29, 1.82) is 5.26 Å². The van der Waals surface area contributed by atoms with Gasteiger partial charge in [0.15, 0.2) is 0 Å². The molecule has 1 aromatic heterocycles. The first-order chi connectivity index (χ1) is 13.1. The highest BCUT2D eigenvalue weighted by Gasteiger charge is 2.10. The monoisotopic (exact) mass is 360 g/mol. The number of aromatic nitrogens is 4. The average Bonchev–Trinajstić information content (AvgIpc) is 3.16. The smallest absolute Gasteiger partial charge is 0.226 e. The third-order valence-electron chi connectivity index (χ3n) is 4.15. The van der Waals surface area contributed by atoms with Crippen molar-refractivity contribution in [2.75, 3.05) is 5.32 Å². The van der Waals surface area contributed by atoms with E-state index >= 15 is 0 Å². The Morgan fingerprint density at radius 1 is 1.19 bits per heavy atom. The number of carbonyl (C=O) groups excluding carboxylic acids is 1. The molecule has 0 spiro atoms. The van der Waals surface area contributed by atoms with Crippen molar-refractivity contribution in [2.45, 2.75) is 32.7 Å². The number of para-hydroxylation sites is 1. The lowest BCUT2D eigenvalue weighted by Gasteiger charge is -2.06. The molecule has 0 saturated heterocycles. The molecule has 1 heterocycles. The molecule has 0 fully saturated rings. The van der Waals surface area contributed by atoms with Crippen molar-refractivity contribution in [3.63, 3.8) is 0 Å². The topological polar surface area (TPSA) is 96.5 Å². The zero-order chi connectivity index (χ0) is 19.2. The van der Waals surface area contributed by atoms with Crippen molar-refractivity contribution in [3.05, 3.63) is 59.7 Å². The van der Waals surface area contributed by atoms with Gasteiger partial charge in [0.2, 0.25) is 11.7 Å². The van der Waals surface area contributed by atoms with Gasteiger partial charge in [0.1, 0.15) is 6.07 Å². The Morgan fingerprint density at radius 3 is 2.63 bits per heavy atom. The number of carbonyl (C=O) groups is 1. The number of anilines is 1. The minimum Gasteiger partial charge on any atom is -0.325 e. The quantitative estimate of drug-likeness (QED) is 0.727. The maximum Gasteiger partial charge on any atom is 0.226 e. The number of aryl methyl sites for hydroxylation is 1. The van der Waals surface area contributed by atoms with Crippen LogP contribution >= 0.6 is 0 Å². The van der Waals surface area contributed by atoms with Crippen molar-refractivity contribution in [1.82, 2.24) is 20.2 Å². The lowest BCUT2D eigenvalue weighted by atomic mass is 10.0. The van der Waals surface area contributed by atoms with E-state index in [4.69, 9.17) is 5.26 Å². The van der Waals surface area contributed by atoms with Gasteiger partial charge in [-0.3, -0.25) is 4.79 Å². The van der Waals surface area contributed by atoms with Crippen LogP contribution in [-0.4, -0.2) is 26.1 Å². The summed E-state index contributed by atoms with van der Waals surface area (Å²) in [4.78, 5) is 13.5. The van der Waals surface area contributed by atoms with Crippen LogP contribution in [0.3, 0.4) is 0 Å². The van der Waals surface area contributed by atoms with E-state index in [0.717, 1.165) is 5.56 Å². The van der Waals surface area contributed by atoms with Gasteiger partial charge in [-0.15, -0.1) is 10.2 Å². The van der Waals surface area contributed by atoms with Crippen LogP contribution in [0.15, 0.2) is 48.5 Å². The van der Waals surface area contributed by atoms with Crippen molar-refractivity contribution >= 4 is 11.6 Å². The summed E-state index contributed by atoms with van der Waals surface area (Å²) >= 11 is 0. The van der Waals surface area contributed by atoms with Crippen LogP contribution in [0, 0.1) is 11.3 Å². The van der Waals surface area contributed by atoms with Crippen molar-refractivity contribution in [3.8, 4) is 17.5 Å². The van der Waals surface area contributed by atoms with Crippen molar-refractivity contribution < 1.29 is 4.79 Å². The zero-order valence-electron chi connectivity index (χ0n) is 15.3. The maximum atomic E-state index is 12.1. The minimum absolute atomic E-state index is 0.182. The summed E-state index contributed by atoms with van der Waals surface area (Å²) in [7, 11) is 0. The highest BCUT2D eigenvalue weighted by Crippen LogP contribution is 2.19. The number of benzene rings is 2. The van der Waals surface area contributed by atoms with Gasteiger partial charge in [-0.1, -0.05) is 50.2 Å². The number of nitrogens with zero attached hydrogens (tertiary/aromatic N) is 5. The van der Waals surface area contributed by atoms with Gasteiger partial charge in [0, 0.05) is 12.0 Å². The third kappa shape index (κ3) is 4.55. The van der Waals surface area contributed by atoms with Gasteiger partial charge in [-0.25, -0.2) is 0 Å². The summed E-state index contributed by atoms with van der Waals surface area (Å²) in [5.74, 6) is 0.783. The second-order valence-corrected chi connectivity index (χ2v) is 6.44. The molecule has 7 nitrogen and oxygen atoms in total. The Balaban J connectivity index is 1.59. The van der Waals surface area contributed by atoms with Gasteiger partial charge in [0.05, 0.1) is 17.8 Å². The molecule has 0 aliphatic heterocycles. The highest BCUT2D eigenvalue weighted by molar-refractivity contribution is 5.92. The number of nitriles is 1. The summed E-state index contributed by atoms with van der Waals surface area (Å²) in [5.41, 5.74) is 3.07. The van der Waals surface area contributed by atoms with Gasteiger partial charge >= 0.3 is 0 Å². The largest absolute Gasteiger partial charge is 0.325 e. The molecule has 0 unspecified atom stereocenters. The number of rotatable bonds is 6. The van der Waals surface area contributed by atoms with E-state index in [-0.39, 0.29) is 12.3 Å². The molecular formula is C20H20N6O. The molecule has 0 bridgehead atoms. The molecule has 0 radical (unpaired) electrons. The van der Waals surface area contributed by atoms with E-state index in [9.17, 15) is 4.79 Å². The van der Waals surface area contributed by atoms with E-state index in [1.54, 1.807) is 24.3 Å². The van der Waals surface area contributed by atoms with Gasteiger partial charge < -0.3 is 5.32 Å². The molecular weight excluding hydrogens is 340 g/mol. The molecule has 2 aromatic carbocycles. The first-order valence-electron chi connectivity index (χ1n) is 8.74. The van der Waals surface area contributed by atoms with Crippen LogP contribution in [0.5, 0.6) is 0 Å². The van der Waals surface area contributed by atoms with E-state index in [2.05, 4.69) is 52.8 Å². The van der Waals surface area contributed by atoms with Crippen LogP contribution in [0.25, 0.3) is 11.4 Å². The predicted octanol–water partition coefficient (Wildman–Crippen LogP) is 3.36.